The van der Waals surface area contributed by atoms with Gasteiger partial charge in [-0.25, -0.2) is 9.59 Å². The second-order valence-electron chi connectivity index (χ2n) is 4.12. The van der Waals surface area contributed by atoms with E-state index >= 15 is 0 Å². The molecule has 0 aliphatic rings. The minimum Gasteiger partial charge on any atom is -0.342 e. The van der Waals surface area contributed by atoms with E-state index < -0.39 is 9.12 Å². The number of rotatable bonds is 3. The molecule has 0 aliphatic carbocycles. The number of amides is 4. The van der Waals surface area contributed by atoms with Crippen LogP contribution in [0.3, 0.4) is 0 Å². The molecule has 19 heavy (non-hydrogen) atoms. The van der Waals surface area contributed by atoms with Crippen LogP contribution in [0.15, 0.2) is 30.3 Å². The number of hydrogen-bond acceptors (Lipinski definition) is 2. The van der Waals surface area contributed by atoms with Crippen molar-refractivity contribution in [3.63, 3.8) is 0 Å². The molecule has 4 amide bonds. The van der Waals surface area contributed by atoms with Crippen LogP contribution in [0.25, 0.3) is 0 Å². The highest BCUT2D eigenvalue weighted by Crippen LogP contribution is 2.00. The molecular weight excluding hydrogens is 260 g/mol. The molecule has 0 radical (unpaired) electrons. The highest BCUT2D eigenvalue weighted by atomic mass is 28.3. The van der Waals surface area contributed by atoms with Crippen LogP contribution in [-0.2, 0) is 0 Å². The summed E-state index contributed by atoms with van der Waals surface area (Å²) < 4.78 is 3.23. The zero-order chi connectivity index (χ0) is 14.4. The first kappa shape index (κ1) is 15.0. The van der Waals surface area contributed by atoms with Crippen LogP contribution in [0, 0.1) is 0 Å². The van der Waals surface area contributed by atoms with Gasteiger partial charge in [-0.2, -0.15) is 0 Å². The Morgan fingerprint density at radius 1 is 0.947 bits per heavy atom. The highest BCUT2D eigenvalue weighted by Gasteiger charge is 2.30. The fraction of sp³-hybridized carbons (Fsp3) is 0.333. The molecule has 0 spiro atoms. The van der Waals surface area contributed by atoms with Crippen molar-refractivity contribution >= 4 is 26.4 Å². The Labute approximate surface area is 115 Å². The third-order valence-electron chi connectivity index (χ3n) is 2.90. The van der Waals surface area contributed by atoms with E-state index in [1.165, 1.54) is 0 Å². The average molecular weight is 280 g/mol. The first-order valence-electron chi connectivity index (χ1n) is 5.97. The van der Waals surface area contributed by atoms with Crippen LogP contribution in [0.4, 0.5) is 9.59 Å². The van der Waals surface area contributed by atoms with E-state index in [0.717, 1.165) is 5.19 Å². The van der Waals surface area contributed by atoms with Gasteiger partial charge in [-0.05, 0) is 5.19 Å². The van der Waals surface area contributed by atoms with Gasteiger partial charge in [0.15, 0.2) is 0 Å². The Bertz CT molecular complexity index is 419. The molecule has 1 rings (SSSR count). The number of urea groups is 2. The van der Waals surface area contributed by atoms with Crippen molar-refractivity contribution in [2.75, 3.05) is 28.2 Å². The second kappa shape index (κ2) is 6.79. The maximum Gasteiger partial charge on any atom is 0.310 e. The Kier molecular flexibility index (Phi) is 5.37. The Morgan fingerprint density at radius 3 is 1.74 bits per heavy atom. The standard InChI is InChI=1S/C12H20N4O2Si/c1-13-11(17)15(3)19(16(4)12(18)14-2)10-8-6-5-7-9-10/h5-9,19H,1-4H3,(H,13,17)(H,14,18). The minimum absolute atomic E-state index is 0.198. The molecule has 0 fully saturated rings. The summed E-state index contributed by atoms with van der Waals surface area (Å²) >= 11 is 0. The van der Waals surface area contributed by atoms with E-state index in [0.29, 0.717) is 0 Å². The van der Waals surface area contributed by atoms with Gasteiger partial charge in [0, 0.05) is 28.2 Å². The molecule has 1 aromatic rings. The number of carbonyl (C=O) groups is 2. The van der Waals surface area contributed by atoms with Gasteiger partial charge in [0.05, 0.1) is 0 Å². The van der Waals surface area contributed by atoms with Crippen LogP contribution >= 0.6 is 0 Å². The molecule has 0 aromatic heterocycles. The smallest absolute Gasteiger partial charge is 0.310 e. The van der Waals surface area contributed by atoms with Crippen LogP contribution in [0.1, 0.15) is 0 Å². The van der Waals surface area contributed by atoms with Gasteiger partial charge >= 0.3 is 12.1 Å². The Morgan fingerprint density at radius 2 is 1.37 bits per heavy atom. The van der Waals surface area contributed by atoms with E-state index in [2.05, 4.69) is 10.6 Å². The van der Waals surface area contributed by atoms with E-state index in [4.69, 9.17) is 0 Å². The molecule has 2 N–H and O–H groups in total. The first-order chi connectivity index (χ1) is 9.02. The summed E-state index contributed by atoms with van der Waals surface area (Å²) in [6.45, 7) is 0. The van der Waals surface area contributed by atoms with Crippen LogP contribution in [-0.4, -0.2) is 58.5 Å². The number of carbonyl (C=O) groups excluding carboxylic acids is 2. The van der Waals surface area contributed by atoms with Crippen molar-refractivity contribution in [2.45, 2.75) is 0 Å². The van der Waals surface area contributed by atoms with Crippen LogP contribution in [0.2, 0.25) is 0 Å². The molecule has 0 aliphatic heterocycles. The van der Waals surface area contributed by atoms with Crippen molar-refractivity contribution in [3.8, 4) is 0 Å². The molecule has 6 nitrogen and oxygen atoms in total. The number of hydrogen-bond donors (Lipinski definition) is 2. The lowest BCUT2D eigenvalue weighted by atomic mass is 10.4. The Balaban J connectivity index is 3.11. The van der Waals surface area contributed by atoms with E-state index in [1.54, 1.807) is 37.3 Å². The van der Waals surface area contributed by atoms with Crippen molar-refractivity contribution in [3.05, 3.63) is 30.3 Å². The van der Waals surface area contributed by atoms with Crippen LogP contribution in [0.5, 0.6) is 0 Å². The molecule has 0 saturated heterocycles. The van der Waals surface area contributed by atoms with Crippen molar-refractivity contribution < 1.29 is 9.59 Å². The fourth-order valence-electron chi connectivity index (χ4n) is 1.91. The lowest BCUT2D eigenvalue weighted by Crippen LogP contribution is -2.63. The van der Waals surface area contributed by atoms with Gasteiger partial charge in [-0.1, -0.05) is 30.3 Å². The minimum atomic E-state index is -2.09. The molecular formula is C12H20N4O2Si. The molecule has 0 saturated carbocycles. The summed E-state index contributed by atoms with van der Waals surface area (Å²) in [6, 6.07) is 9.21. The summed E-state index contributed by atoms with van der Waals surface area (Å²) in [5, 5.41) is 6.18. The second-order valence-corrected chi connectivity index (χ2v) is 7.08. The normalized spacial score (nSPS) is 9.95. The molecule has 0 heterocycles. The third-order valence-corrected chi connectivity index (χ3v) is 5.82. The van der Waals surface area contributed by atoms with Gasteiger partial charge in [-0.15, -0.1) is 0 Å². The van der Waals surface area contributed by atoms with Gasteiger partial charge in [0.1, 0.15) is 0 Å². The van der Waals surface area contributed by atoms with E-state index in [9.17, 15) is 9.59 Å². The van der Waals surface area contributed by atoms with Gasteiger partial charge < -0.3 is 19.8 Å². The summed E-state index contributed by atoms with van der Waals surface area (Å²) in [7, 11) is 4.49. The van der Waals surface area contributed by atoms with Crippen molar-refractivity contribution in [1.82, 2.24) is 19.8 Å². The Hall–Kier alpha value is -2.02. The molecule has 0 atom stereocenters. The maximum absolute atomic E-state index is 11.8. The third kappa shape index (κ3) is 3.47. The predicted molar refractivity (Wildman–Crippen MR) is 77.7 cm³/mol. The van der Waals surface area contributed by atoms with Gasteiger partial charge in [0.2, 0.25) is 0 Å². The summed E-state index contributed by atoms with van der Waals surface area (Å²) in [6.07, 6.45) is 0. The molecule has 7 heteroatoms. The van der Waals surface area contributed by atoms with Crippen LogP contribution < -0.4 is 15.8 Å². The van der Waals surface area contributed by atoms with E-state index in [1.807, 2.05) is 30.3 Å². The molecule has 1 aromatic carbocycles. The van der Waals surface area contributed by atoms with Gasteiger partial charge in [-0.3, -0.25) is 0 Å². The lowest BCUT2D eigenvalue weighted by molar-refractivity contribution is 0.221. The summed E-state index contributed by atoms with van der Waals surface area (Å²) in [5.74, 6) is 0. The fourth-order valence-corrected chi connectivity index (χ4v) is 4.59. The summed E-state index contributed by atoms with van der Waals surface area (Å²) in [4.78, 5) is 23.7. The average Bonchev–Trinajstić information content (AvgIpc) is 2.46. The number of nitrogens with one attached hydrogen (secondary N) is 2. The molecule has 0 unspecified atom stereocenters. The SMILES string of the molecule is CNC(=O)N(C)[SiH](c1ccccc1)N(C)C(=O)NC. The zero-order valence-corrected chi connectivity index (χ0v) is 12.8. The van der Waals surface area contributed by atoms with E-state index in [-0.39, 0.29) is 12.1 Å². The number of benzene rings is 1. The number of nitrogens with zero attached hydrogens (tertiary/aromatic N) is 2. The highest BCUT2D eigenvalue weighted by molar-refractivity contribution is 6.72. The lowest BCUT2D eigenvalue weighted by Gasteiger charge is -2.33. The van der Waals surface area contributed by atoms with Gasteiger partial charge in [0.25, 0.3) is 9.12 Å². The summed E-state index contributed by atoms with van der Waals surface area (Å²) in [5.41, 5.74) is 0. The topological polar surface area (TPSA) is 64.7 Å². The van der Waals surface area contributed by atoms with Crippen molar-refractivity contribution in [1.29, 1.82) is 0 Å². The van der Waals surface area contributed by atoms with Crippen molar-refractivity contribution in [2.24, 2.45) is 0 Å². The molecule has 0 bridgehead atoms. The largest absolute Gasteiger partial charge is 0.342 e. The first-order valence-corrected chi connectivity index (χ1v) is 7.58. The quantitative estimate of drug-likeness (QED) is 0.744. The monoisotopic (exact) mass is 280 g/mol. The molecule has 104 valence electrons. The maximum atomic E-state index is 11.8. The predicted octanol–water partition coefficient (Wildman–Crippen LogP) is -0.344. The zero-order valence-electron chi connectivity index (χ0n) is 11.7.